The summed E-state index contributed by atoms with van der Waals surface area (Å²) in [5.41, 5.74) is 0.918. The van der Waals surface area contributed by atoms with Crippen LogP contribution in [0.5, 0.6) is 5.75 Å². The highest BCUT2D eigenvalue weighted by Crippen LogP contribution is 2.26. The van der Waals surface area contributed by atoms with Crippen LogP contribution < -0.4 is 4.74 Å². The normalized spacial score (nSPS) is 10.1. The first-order valence-electron chi connectivity index (χ1n) is 5.14. The molecule has 0 aliphatic heterocycles. The van der Waals surface area contributed by atoms with Crippen molar-refractivity contribution >= 4 is 17.4 Å². The Bertz CT molecular complexity index is 561. The van der Waals surface area contributed by atoms with Gasteiger partial charge < -0.3 is 14.9 Å². The number of nitro groups is 1. The zero-order valence-corrected chi connectivity index (χ0v) is 10.0. The standard InChI is InChI=1S/C12H9ClN2O3/c13-11-7-6-10(12(14-11)15(16)17)18-8-9-4-2-1-3-5-9/h1-7H,8H2. The third kappa shape index (κ3) is 2.95. The number of nitrogens with zero attached hydrogens (tertiary/aromatic N) is 2. The third-order valence-corrected chi connectivity index (χ3v) is 2.43. The number of ether oxygens (including phenoxy) is 1. The maximum atomic E-state index is 10.8. The Morgan fingerprint density at radius 2 is 1.94 bits per heavy atom. The Morgan fingerprint density at radius 1 is 1.22 bits per heavy atom. The fourth-order valence-electron chi connectivity index (χ4n) is 1.39. The van der Waals surface area contributed by atoms with Crippen LogP contribution in [0.3, 0.4) is 0 Å². The number of halogens is 1. The summed E-state index contributed by atoms with van der Waals surface area (Å²) in [4.78, 5) is 13.8. The minimum atomic E-state index is -0.619. The van der Waals surface area contributed by atoms with Crippen LogP contribution in [0.1, 0.15) is 5.56 Å². The smallest absolute Gasteiger partial charge is 0.407 e. The predicted octanol–water partition coefficient (Wildman–Crippen LogP) is 3.22. The molecular formula is C12H9ClN2O3. The summed E-state index contributed by atoms with van der Waals surface area (Å²) in [7, 11) is 0. The first-order valence-corrected chi connectivity index (χ1v) is 5.52. The summed E-state index contributed by atoms with van der Waals surface area (Å²) in [5.74, 6) is -0.272. The molecule has 0 saturated carbocycles. The van der Waals surface area contributed by atoms with Crippen molar-refractivity contribution in [3.63, 3.8) is 0 Å². The van der Waals surface area contributed by atoms with Crippen molar-refractivity contribution < 1.29 is 9.66 Å². The Morgan fingerprint density at radius 3 is 2.61 bits per heavy atom. The lowest BCUT2D eigenvalue weighted by Gasteiger charge is -2.06. The molecule has 0 unspecified atom stereocenters. The summed E-state index contributed by atoms with van der Waals surface area (Å²) in [5, 5.41) is 10.9. The van der Waals surface area contributed by atoms with Crippen LogP contribution in [-0.2, 0) is 6.61 Å². The molecule has 6 heteroatoms. The minimum absolute atomic E-state index is 0.0637. The van der Waals surface area contributed by atoms with Crippen molar-refractivity contribution in [1.82, 2.24) is 4.98 Å². The van der Waals surface area contributed by atoms with Gasteiger partial charge in [0.1, 0.15) is 6.61 Å². The third-order valence-electron chi connectivity index (χ3n) is 2.22. The van der Waals surface area contributed by atoms with Crippen LogP contribution in [0.25, 0.3) is 0 Å². The Hall–Kier alpha value is -2.14. The highest BCUT2D eigenvalue weighted by Gasteiger charge is 2.18. The maximum Gasteiger partial charge on any atom is 0.407 e. The van der Waals surface area contributed by atoms with Crippen molar-refractivity contribution in [2.45, 2.75) is 6.61 Å². The molecule has 0 fully saturated rings. The first kappa shape index (κ1) is 12.3. The SMILES string of the molecule is O=[N+]([O-])c1nc(Cl)ccc1OCc1ccccc1. The molecule has 0 amide bonds. The lowest BCUT2D eigenvalue weighted by molar-refractivity contribution is -0.390. The lowest BCUT2D eigenvalue weighted by Crippen LogP contribution is -2.00. The topological polar surface area (TPSA) is 65.3 Å². The number of hydrogen-bond acceptors (Lipinski definition) is 4. The number of benzene rings is 1. The summed E-state index contributed by atoms with van der Waals surface area (Å²) in [6.45, 7) is 0.241. The monoisotopic (exact) mass is 264 g/mol. The molecular weight excluding hydrogens is 256 g/mol. The van der Waals surface area contributed by atoms with Gasteiger partial charge in [-0.2, -0.15) is 0 Å². The zero-order chi connectivity index (χ0) is 13.0. The molecule has 1 aromatic heterocycles. The molecule has 5 nitrogen and oxygen atoms in total. The van der Waals surface area contributed by atoms with Crippen molar-refractivity contribution in [3.05, 3.63) is 63.3 Å². The van der Waals surface area contributed by atoms with Crippen LogP contribution in [0.15, 0.2) is 42.5 Å². The van der Waals surface area contributed by atoms with E-state index in [0.29, 0.717) is 0 Å². The molecule has 0 atom stereocenters. The van der Waals surface area contributed by atoms with E-state index in [0.717, 1.165) is 5.56 Å². The van der Waals surface area contributed by atoms with Crippen LogP contribution in [0.4, 0.5) is 5.82 Å². The zero-order valence-electron chi connectivity index (χ0n) is 9.25. The molecule has 0 saturated heterocycles. The number of rotatable bonds is 4. The van der Waals surface area contributed by atoms with Crippen LogP contribution in [0.2, 0.25) is 5.15 Å². The van der Waals surface area contributed by atoms with E-state index in [-0.39, 0.29) is 23.3 Å². The van der Waals surface area contributed by atoms with Crippen molar-refractivity contribution in [3.8, 4) is 5.75 Å². The van der Waals surface area contributed by atoms with E-state index in [1.165, 1.54) is 12.1 Å². The Labute approximate surface area is 108 Å². The summed E-state index contributed by atoms with van der Waals surface area (Å²) >= 11 is 5.61. The van der Waals surface area contributed by atoms with Gasteiger partial charge in [-0.05, 0) is 33.1 Å². The summed E-state index contributed by atoms with van der Waals surface area (Å²) < 4.78 is 5.38. The largest absolute Gasteiger partial charge is 0.481 e. The second-order valence-electron chi connectivity index (χ2n) is 3.49. The van der Waals surface area contributed by atoms with Gasteiger partial charge in [0.05, 0.1) is 0 Å². The molecule has 0 N–H and O–H groups in total. The van der Waals surface area contributed by atoms with Crippen LogP contribution in [0, 0.1) is 10.1 Å². The molecule has 0 bridgehead atoms. The Kier molecular flexibility index (Phi) is 3.74. The van der Waals surface area contributed by atoms with Gasteiger partial charge >= 0.3 is 5.82 Å². The van der Waals surface area contributed by atoms with Crippen molar-refractivity contribution in [1.29, 1.82) is 0 Å². The van der Waals surface area contributed by atoms with E-state index in [1.807, 2.05) is 30.3 Å². The highest BCUT2D eigenvalue weighted by atomic mass is 35.5. The lowest BCUT2D eigenvalue weighted by atomic mass is 10.2. The van der Waals surface area contributed by atoms with Gasteiger partial charge in [-0.25, -0.2) is 0 Å². The molecule has 0 radical (unpaired) electrons. The second-order valence-corrected chi connectivity index (χ2v) is 3.87. The van der Waals surface area contributed by atoms with E-state index in [9.17, 15) is 10.1 Å². The fraction of sp³-hybridized carbons (Fsp3) is 0.0833. The van der Waals surface area contributed by atoms with Gasteiger partial charge in [0.25, 0.3) is 0 Å². The van der Waals surface area contributed by atoms with Gasteiger partial charge in [-0.3, -0.25) is 0 Å². The average molecular weight is 265 g/mol. The van der Waals surface area contributed by atoms with E-state index in [4.69, 9.17) is 16.3 Å². The van der Waals surface area contributed by atoms with Crippen LogP contribution in [-0.4, -0.2) is 9.91 Å². The first-order chi connectivity index (χ1) is 8.66. The summed E-state index contributed by atoms with van der Waals surface area (Å²) in [6.07, 6.45) is 0. The number of pyridine rings is 1. The Balaban J connectivity index is 2.17. The van der Waals surface area contributed by atoms with Gasteiger partial charge in [-0.1, -0.05) is 30.3 Å². The van der Waals surface area contributed by atoms with Gasteiger partial charge in [0.2, 0.25) is 10.9 Å². The predicted molar refractivity (Wildman–Crippen MR) is 66.7 cm³/mol. The second kappa shape index (κ2) is 5.46. The molecule has 1 heterocycles. The average Bonchev–Trinajstić information content (AvgIpc) is 2.38. The van der Waals surface area contributed by atoms with Gasteiger partial charge in [0.15, 0.2) is 0 Å². The quantitative estimate of drug-likeness (QED) is 0.483. The van der Waals surface area contributed by atoms with Crippen LogP contribution >= 0.6 is 11.6 Å². The van der Waals surface area contributed by atoms with E-state index in [2.05, 4.69) is 4.98 Å². The summed E-state index contributed by atoms with van der Waals surface area (Å²) in [6, 6.07) is 12.3. The van der Waals surface area contributed by atoms with Crippen molar-refractivity contribution in [2.75, 3.05) is 0 Å². The molecule has 18 heavy (non-hydrogen) atoms. The number of hydrogen-bond donors (Lipinski definition) is 0. The van der Waals surface area contributed by atoms with E-state index >= 15 is 0 Å². The van der Waals surface area contributed by atoms with E-state index < -0.39 is 4.92 Å². The molecule has 92 valence electrons. The van der Waals surface area contributed by atoms with Crippen molar-refractivity contribution in [2.24, 2.45) is 0 Å². The molecule has 0 spiro atoms. The molecule has 1 aromatic carbocycles. The molecule has 2 rings (SSSR count). The minimum Gasteiger partial charge on any atom is -0.481 e. The van der Waals surface area contributed by atoms with Gasteiger partial charge in [-0.15, -0.1) is 0 Å². The molecule has 0 aliphatic rings. The molecule has 0 aliphatic carbocycles. The highest BCUT2D eigenvalue weighted by molar-refractivity contribution is 6.29. The molecule has 2 aromatic rings. The van der Waals surface area contributed by atoms with Gasteiger partial charge in [0, 0.05) is 6.07 Å². The number of aromatic nitrogens is 1. The fourth-order valence-corrected chi connectivity index (χ4v) is 1.53. The maximum absolute atomic E-state index is 10.8. The van der Waals surface area contributed by atoms with E-state index in [1.54, 1.807) is 0 Å².